The van der Waals surface area contributed by atoms with Crippen molar-refractivity contribution in [2.24, 2.45) is 0 Å². The summed E-state index contributed by atoms with van der Waals surface area (Å²) in [5, 5.41) is 3.57. The molecule has 1 aromatic heterocycles. The molecule has 0 saturated carbocycles. The van der Waals surface area contributed by atoms with Crippen molar-refractivity contribution in [3.8, 4) is 0 Å². The maximum Gasteiger partial charge on any atom is 0.147 e. The summed E-state index contributed by atoms with van der Waals surface area (Å²) in [4.78, 5) is 0. The molecular weight excluding hydrogens is 253 g/mol. The maximum absolute atomic E-state index is 13.2. The second-order valence-electron chi connectivity index (χ2n) is 2.72. The Kier molecular flexibility index (Phi) is 2.26. The monoisotopic (exact) mass is 259 g/mol. The number of nitrogens with two attached hydrogens (primary N) is 1. The van der Waals surface area contributed by atoms with E-state index in [4.69, 9.17) is 5.73 Å². The van der Waals surface area contributed by atoms with Gasteiger partial charge >= 0.3 is 0 Å². The average Bonchev–Trinajstić information content (AvgIpc) is 2.54. The van der Waals surface area contributed by atoms with E-state index >= 15 is 0 Å². The zero-order chi connectivity index (χ0) is 9.42. The molecule has 0 atom stereocenters. The Balaban J connectivity index is 2.87. The Morgan fingerprint density at radius 2 is 2.31 bits per heavy atom. The molecule has 1 aromatic carbocycles. The summed E-state index contributed by atoms with van der Waals surface area (Å²) in [5.41, 5.74) is 6.71. The highest BCUT2D eigenvalue weighted by Gasteiger charge is 2.10. The first-order valence-electron chi connectivity index (χ1n) is 3.74. The number of rotatable bonds is 1. The molecule has 1 heterocycles. The third-order valence-electron chi connectivity index (χ3n) is 1.99. The fourth-order valence-electron chi connectivity index (χ4n) is 1.31. The maximum atomic E-state index is 13.2. The van der Waals surface area contributed by atoms with Crippen LogP contribution in [0.15, 0.2) is 17.5 Å². The van der Waals surface area contributed by atoms with E-state index in [0.717, 1.165) is 15.6 Å². The van der Waals surface area contributed by atoms with E-state index < -0.39 is 0 Å². The summed E-state index contributed by atoms with van der Waals surface area (Å²) in [5.74, 6) is -0.329. The lowest BCUT2D eigenvalue weighted by atomic mass is 10.1. The van der Waals surface area contributed by atoms with Crippen LogP contribution in [0.3, 0.4) is 0 Å². The Morgan fingerprint density at radius 3 is 3.00 bits per heavy atom. The molecule has 2 aromatic rings. The molecule has 4 heteroatoms. The normalized spacial score (nSPS) is 10.9. The summed E-state index contributed by atoms with van der Waals surface area (Å²) in [6, 6.07) is 3.45. The van der Waals surface area contributed by atoms with Crippen molar-refractivity contribution in [1.82, 2.24) is 0 Å². The van der Waals surface area contributed by atoms with Gasteiger partial charge in [-0.2, -0.15) is 0 Å². The largest absolute Gasteiger partial charge is 0.396 e. The summed E-state index contributed by atoms with van der Waals surface area (Å²) >= 11 is 4.83. The molecule has 2 rings (SSSR count). The van der Waals surface area contributed by atoms with Crippen molar-refractivity contribution < 1.29 is 4.39 Å². The van der Waals surface area contributed by atoms with E-state index in [1.165, 1.54) is 17.4 Å². The van der Waals surface area contributed by atoms with Gasteiger partial charge in [0.2, 0.25) is 0 Å². The number of anilines is 1. The number of halogens is 2. The second-order valence-corrected chi connectivity index (χ2v) is 4.23. The van der Waals surface area contributed by atoms with Gasteiger partial charge in [0.1, 0.15) is 5.82 Å². The zero-order valence-corrected chi connectivity index (χ0v) is 9.08. The van der Waals surface area contributed by atoms with Crippen LogP contribution in [-0.4, -0.2) is 0 Å². The Hall–Kier alpha value is -0.610. The van der Waals surface area contributed by atoms with Gasteiger partial charge in [-0.3, -0.25) is 0 Å². The van der Waals surface area contributed by atoms with Gasteiger partial charge in [-0.25, -0.2) is 4.39 Å². The minimum atomic E-state index is -0.329. The van der Waals surface area contributed by atoms with Crippen molar-refractivity contribution in [2.45, 2.75) is 5.33 Å². The lowest BCUT2D eigenvalue weighted by Gasteiger charge is -2.04. The molecule has 0 aliphatic heterocycles. The predicted octanol–water partition coefficient (Wildman–Crippen LogP) is 3.52. The standard InChI is InChI=1S/C9H7BrFNS/c10-4-6-5-1-2-13-8(5)3-7(11)9(6)12/h1-3H,4,12H2. The number of alkyl halides is 1. The summed E-state index contributed by atoms with van der Waals surface area (Å²) in [6.45, 7) is 0. The minimum Gasteiger partial charge on any atom is -0.396 e. The number of fused-ring (bicyclic) bond motifs is 1. The first kappa shape index (κ1) is 8.97. The van der Waals surface area contributed by atoms with E-state index in [0.29, 0.717) is 5.33 Å². The number of thiophene rings is 1. The molecule has 2 N–H and O–H groups in total. The van der Waals surface area contributed by atoms with Crippen molar-refractivity contribution in [1.29, 1.82) is 0 Å². The van der Waals surface area contributed by atoms with Gasteiger partial charge in [-0.1, -0.05) is 15.9 Å². The molecule has 0 saturated heterocycles. The van der Waals surface area contributed by atoms with Crippen LogP contribution in [0.4, 0.5) is 10.1 Å². The molecule has 0 spiro atoms. The van der Waals surface area contributed by atoms with Gasteiger partial charge in [0.05, 0.1) is 5.69 Å². The molecular formula is C9H7BrFNS. The smallest absolute Gasteiger partial charge is 0.147 e. The number of hydrogen-bond donors (Lipinski definition) is 1. The summed E-state index contributed by atoms with van der Waals surface area (Å²) in [7, 11) is 0. The summed E-state index contributed by atoms with van der Waals surface area (Å²) in [6.07, 6.45) is 0. The molecule has 0 aliphatic rings. The van der Waals surface area contributed by atoms with E-state index in [9.17, 15) is 4.39 Å². The molecule has 0 radical (unpaired) electrons. The van der Waals surface area contributed by atoms with Crippen molar-refractivity contribution in [3.63, 3.8) is 0 Å². The highest BCUT2D eigenvalue weighted by atomic mass is 79.9. The predicted molar refractivity (Wildman–Crippen MR) is 58.8 cm³/mol. The zero-order valence-electron chi connectivity index (χ0n) is 6.68. The average molecular weight is 260 g/mol. The molecule has 0 amide bonds. The molecule has 13 heavy (non-hydrogen) atoms. The van der Waals surface area contributed by atoms with Crippen LogP contribution < -0.4 is 5.73 Å². The van der Waals surface area contributed by atoms with Gasteiger partial charge in [-0.15, -0.1) is 11.3 Å². The topological polar surface area (TPSA) is 26.0 Å². The molecule has 0 fully saturated rings. The molecule has 1 nitrogen and oxygen atoms in total. The number of nitrogen functional groups attached to an aromatic ring is 1. The fraction of sp³-hybridized carbons (Fsp3) is 0.111. The lowest BCUT2D eigenvalue weighted by Crippen LogP contribution is -1.96. The van der Waals surface area contributed by atoms with Gasteiger partial charge in [0.15, 0.2) is 0 Å². The van der Waals surface area contributed by atoms with Crippen molar-refractivity contribution in [2.75, 3.05) is 5.73 Å². The van der Waals surface area contributed by atoms with E-state index in [-0.39, 0.29) is 11.5 Å². The van der Waals surface area contributed by atoms with Crippen LogP contribution in [0.25, 0.3) is 10.1 Å². The molecule has 68 valence electrons. The minimum absolute atomic E-state index is 0.253. The van der Waals surface area contributed by atoms with Crippen LogP contribution in [0.5, 0.6) is 0 Å². The van der Waals surface area contributed by atoms with Gasteiger partial charge in [0, 0.05) is 10.0 Å². The molecule has 0 bridgehead atoms. The quantitative estimate of drug-likeness (QED) is 0.616. The Bertz CT molecular complexity index is 452. The van der Waals surface area contributed by atoms with Crippen LogP contribution in [-0.2, 0) is 5.33 Å². The third-order valence-corrected chi connectivity index (χ3v) is 3.42. The second kappa shape index (κ2) is 3.27. The van der Waals surface area contributed by atoms with Crippen LogP contribution in [0, 0.1) is 5.82 Å². The van der Waals surface area contributed by atoms with Crippen molar-refractivity contribution >= 4 is 43.0 Å². The van der Waals surface area contributed by atoms with Gasteiger partial charge in [-0.05, 0) is 28.5 Å². The Labute approximate surface area is 87.5 Å². The third kappa shape index (κ3) is 1.34. The first-order valence-corrected chi connectivity index (χ1v) is 5.74. The lowest BCUT2D eigenvalue weighted by molar-refractivity contribution is 0.633. The van der Waals surface area contributed by atoms with Gasteiger partial charge in [0.25, 0.3) is 0 Å². The highest BCUT2D eigenvalue weighted by molar-refractivity contribution is 9.08. The van der Waals surface area contributed by atoms with E-state index in [2.05, 4.69) is 15.9 Å². The van der Waals surface area contributed by atoms with Gasteiger partial charge < -0.3 is 5.73 Å². The van der Waals surface area contributed by atoms with Crippen LogP contribution >= 0.6 is 27.3 Å². The molecule has 0 unspecified atom stereocenters. The Morgan fingerprint density at radius 1 is 1.54 bits per heavy atom. The number of benzene rings is 1. The first-order chi connectivity index (χ1) is 6.24. The molecule has 0 aliphatic carbocycles. The van der Waals surface area contributed by atoms with Crippen molar-refractivity contribution in [3.05, 3.63) is 28.9 Å². The summed E-state index contributed by atoms with van der Waals surface area (Å²) < 4.78 is 14.2. The van der Waals surface area contributed by atoms with E-state index in [1.807, 2.05) is 11.4 Å². The highest BCUT2D eigenvalue weighted by Crippen LogP contribution is 2.32. The SMILES string of the molecule is Nc1c(F)cc2sccc2c1CBr. The number of hydrogen-bond acceptors (Lipinski definition) is 2. The van der Waals surface area contributed by atoms with Crippen LogP contribution in [0.2, 0.25) is 0 Å². The fourth-order valence-corrected chi connectivity index (χ4v) is 2.75. The van der Waals surface area contributed by atoms with E-state index in [1.54, 1.807) is 0 Å². The van der Waals surface area contributed by atoms with Crippen LogP contribution in [0.1, 0.15) is 5.56 Å².